The highest BCUT2D eigenvalue weighted by Gasteiger charge is 2.41. The monoisotopic (exact) mass is 647 g/mol. The van der Waals surface area contributed by atoms with E-state index in [2.05, 4.69) is 21.0 Å². The van der Waals surface area contributed by atoms with E-state index in [0.717, 1.165) is 70.3 Å². The summed E-state index contributed by atoms with van der Waals surface area (Å²) >= 11 is 0. The number of benzene rings is 1. The molecule has 2 saturated carbocycles. The van der Waals surface area contributed by atoms with Crippen LogP contribution in [-0.2, 0) is 9.59 Å². The number of halogens is 3. The quantitative estimate of drug-likeness (QED) is 0.213. The van der Waals surface area contributed by atoms with Crippen molar-refractivity contribution in [2.75, 3.05) is 18.5 Å². The molecule has 2 unspecified atom stereocenters. The average Bonchev–Trinajstić information content (AvgIpc) is 3.56. The molecule has 1 aromatic heterocycles. The summed E-state index contributed by atoms with van der Waals surface area (Å²) in [6.45, 7) is 2.84. The van der Waals surface area contributed by atoms with Crippen LogP contribution in [0.4, 0.5) is 18.9 Å². The summed E-state index contributed by atoms with van der Waals surface area (Å²) in [6.07, 6.45) is 12.0. The summed E-state index contributed by atoms with van der Waals surface area (Å²) in [5.41, 5.74) is 0.471. The Kier molecular flexibility index (Phi) is 12.3. The van der Waals surface area contributed by atoms with Gasteiger partial charge in [0.2, 0.25) is 11.8 Å². The minimum atomic E-state index is -3.47. The summed E-state index contributed by atoms with van der Waals surface area (Å²) in [5, 5.41) is 20.9. The summed E-state index contributed by atoms with van der Waals surface area (Å²) in [6, 6.07) is 4.55. The van der Waals surface area contributed by atoms with Crippen LogP contribution in [0, 0.1) is 23.6 Å². The van der Waals surface area contributed by atoms with Crippen molar-refractivity contribution in [1.29, 1.82) is 0 Å². The fourth-order valence-corrected chi connectivity index (χ4v) is 7.11. The molecule has 3 amide bonds. The normalized spacial score (nSPS) is 17.9. The van der Waals surface area contributed by atoms with Crippen molar-refractivity contribution in [3.63, 3.8) is 0 Å². The number of aromatic nitrogens is 2. The highest BCUT2D eigenvalue weighted by Crippen LogP contribution is 2.42. The van der Waals surface area contributed by atoms with Gasteiger partial charge in [-0.2, -0.15) is 5.10 Å². The maximum atomic E-state index is 15.5. The lowest BCUT2D eigenvalue weighted by molar-refractivity contribution is -0.125. The number of nitrogens with zero attached hydrogens (tertiary/aromatic N) is 2. The SMILES string of the molecule is CC(C(=O)NCC(F)(F)CO)c1ccc(NC(=O)C(NC(=O)c2ccnn2C(C)C)C(C2CCCCC2)C2CCCCC2)c(F)c1. The molecule has 2 atom stereocenters. The van der Waals surface area contributed by atoms with Crippen molar-refractivity contribution in [3.05, 3.63) is 47.5 Å². The first-order valence-electron chi connectivity index (χ1n) is 16.6. The first-order valence-corrected chi connectivity index (χ1v) is 16.6. The third-order valence-electron chi connectivity index (χ3n) is 9.63. The van der Waals surface area contributed by atoms with E-state index in [9.17, 15) is 23.2 Å². The Morgan fingerprint density at radius 3 is 2.11 bits per heavy atom. The molecule has 254 valence electrons. The van der Waals surface area contributed by atoms with Crippen LogP contribution in [0.2, 0.25) is 0 Å². The van der Waals surface area contributed by atoms with E-state index >= 15 is 4.39 Å². The molecular formula is C34H48F3N5O4. The topological polar surface area (TPSA) is 125 Å². The van der Waals surface area contributed by atoms with E-state index in [0.29, 0.717) is 5.69 Å². The number of hydrogen-bond donors (Lipinski definition) is 4. The molecule has 2 fully saturated rings. The van der Waals surface area contributed by atoms with Crippen LogP contribution in [0.15, 0.2) is 30.5 Å². The van der Waals surface area contributed by atoms with Crippen LogP contribution in [0.3, 0.4) is 0 Å². The number of carbonyl (C=O) groups is 3. The van der Waals surface area contributed by atoms with Crippen LogP contribution in [0.1, 0.15) is 113 Å². The number of anilines is 1. The summed E-state index contributed by atoms with van der Waals surface area (Å²) in [4.78, 5) is 40.4. The summed E-state index contributed by atoms with van der Waals surface area (Å²) in [5.74, 6) is -6.53. The molecule has 46 heavy (non-hydrogen) atoms. The van der Waals surface area contributed by atoms with Gasteiger partial charge in [-0.15, -0.1) is 0 Å². The van der Waals surface area contributed by atoms with Crippen molar-refractivity contribution in [2.45, 2.75) is 109 Å². The van der Waals surface area contributed by atoms with E-state index in [-0.39, 0.29) is 35.0 Å². The van der Waals surface area contributed by atoms with E-state index in [1.165, 1.54) is 19.1 Å². The number of hydrogen-bond acceptors (Lipinski definition) is 5. The Labute approximate surface area is 269 Å². The first-order chi connectivity index (χ1) is 21.9. The smallest absolute Gasteiger partial charge is 0.287 e. The molecule has 0 aliphatic heterocycles. The Morgan fingerprint density at radius 2 is 1.57 bits per heavy atom. The lowest BCUT2D eigenvalue weighted by Crippen LogP contribution is -2.53. The second-order valence-corrected chi connectivity index (χ2v) is 13.3. The standard InChI is InChI=1S/C34H48F3N5O4/c1-21(2)42-28(16-17-39-42)32(45)41-30(29(23-10-6-4-7-11-23)24-12-8-5-9-13-24)33(46)40-27-15-14-25(18-26(27)35)22(3)31(44)38-19-34(36,37)20-43/h14-18,21-24,29-30,43H,4-13,19-20H2,1-3H3,(H,38,44)(H,40,46)(H,41,45). The molecule has 0 radical (unpaired) electrons. The molecule has 0 bridgehead atoms. The van der Waals surface area contributed by atoms with E-state index in [1.54, 1.807) is 16.9 Å². The number of aliphatic hydroxyl groups excluding tert-OH is 1. The molecule has 2 aliphatic rings. The van der Waals surface area contributed by atoms with E-state index in [1.807, 2.05) is 13.8 Å². The van der Waals surface area contributed by atoms with Crippen LogP contribution >= 0.6 is 0 Å². The average molecular weight is 648 g/mol. The molecular weight excluding hydrogens is 599 g/mol. The van der Waals surface area contributed by atoms with E-state index in [4.69, 9.17) is 5.11 Å². The number of alkyl halides is 2. The van der Waals surface area contributed by atoms with Gasteiger partial charge in [-0.1, -0.05) is 70.3 Å². The molecule has 12 heteroatoms. The molecule has 1 heterocycles. The molecule has 2 aromatic rings. The molecule has 1 aromatic carbocycles. The second-order valence-electron chi connectivity index (χ2n) is 13.3. The number of nitrogens with one attached hydrogen (secondary N) is 3. The Balaban J connectivity index is 1.59. The molecule has 9 nitrogen and oxygen atoms in total. The molecule has 0 saturated heterocycles. The van der Waals surface area contributed by atoms with Crippen LogP contribution in [0.25, 0.3) is 0 Å². The van der Waals surface area contributed by atoms with Gasteiger partial charge in [-0.25, -0.2) is 13.2 Å². The van der Waals surface area contributed by atoms with Gasteiger partial charge in [0.25, 0.3) is 11.8 Å². The highest BCUT2D eigenvalue weighted by molar-refractivity contribution is 6.01. The van der Waals surface area contributed by atoms with Crippen molar-refractivity contribution < 1.29 is 32.7 Å². The minimum Gasteiger partial charge on any atom is -0.390 e. The van der Waals surface area contributed by atoms with Gasteiger partial charge in [-0.3, -0.25) is 19.1 Å². The fourth-order valence-electron chi connectivity index (χ4n) is 7.11. The predicted molar refractivity (Wildman–Crippen MR) is 169 cm³/mol. The maximum Gasteiger partial charge on any atom is 0.287 e. The molecule has 2 aliphatic carbocycles. The second kappa shape index (κ2) is 15.9. The van der Waals surface area contributed by atoms with Gasteiger partial charge < -0.3 is 21.1 Å². The summed E-state index contributed by atoms with van der Waals surface area (Å²) < 4.78 is 43.9. The third kappa shape index (κ3) is 8.89. The zero-order chi connectivity index (χ0) is 33.4. The van der Waals surface area contributed by atoms with Crippen LogP contribution in [0.5, 0.6) is 0 Å². The number of rotatable bonds is 13. The van der Waals surface area contributed by atoms with Gasteiger partial charge >= 0.3 is 0 Å². The molecule has 4 N–H and O–H groups in total. The number of carbonyl (C=O) groups excluding carboxylic acids is 3. The fraction of sp³-hybridized carbons (Fsp3) is 0.647. The van der Waals surface area contributed by atoms with Gasteiger partial charge in [0.05, 0.1) is 18.2 Å². The van der Waals surface area contributed by atoms with Crippen molar-refractivity contribution in [2.24, 2.45) is 17.8 Å². The zero-order valence-corrected chi connectivity index (χ0v) is 27.0. The van der Waals surface area contributed by atoms with Gasteiger partial charge in [0, 0.05) is 12.2 Å². The van der Waals surface area contributed by atoms with Crippen molar-refractivity contribution >= 4 is 23.4 Å². The predicted octanol–water partition coefficient (Wildman–Crippen LogP) is 5.96. The first kappa shape index (κ1) is 35.4. The van der Waals surface area contributed by atoms with E-state index < -0.39 is 54.6 Å². The molecule has 4 rings (SSSR count). The Hall–Kier alpha value is -3.41. The Bertz CT molecular complexity index is 1320. The summed E-state index contributed by atoms with van der Waals surface area (Å²) in [7, 11) is 0. The Morgan fingerprint density at radius 1 is 0.957 bits per heavy atom. The number of amides is 3. The van der Waals surface area contributed by atoms with Gasteiger partial charge in [0.1, 0.15) is 24.2 Å². The minimum absolute atomic E-state index is 0.0706. The van der Waals surface area contributed by atoms with Crippen LogP contribution < -0.4 is 16.0 Å². The third-order valence-corrected chi connectivity index (χ3v) is 9.63. The largest absolute Gasteiger partial charge is 0.390 e. The van der Waals surface area contributed by atoms with Gasteiger partial charge in [0.15, 0.2) is 0 Å². The lowest BCUT2D eigenvalue weighted by atomic mass is 9.66. The van der Waals surface area contributed by atoms with Crippen LogP contribution in [-0.4, -0.2) is 57.7 Å². The highest BCUT2D eigenvalue weighted by atomic mass is 19.3. The molecule has 0 spiro atoms. The zero-order valence-electron chi connectivity index (χ0n) is 27.0. The van der Waals surface area contributed by atoms with Crippen molar-refractivity contribution in [3.8, 4) is 0 Å². The maximum absolute atomic E-state index is 15.5. The lowest BCUT2D eigenvalue weighted by Gasteiger charge is -2.42. The van der Waals surface area contributed by atoms with Gasteiger partial charge in [-0.05, 0) is 62.3 Å². The van der Waals surface area contributed by atoms with Crippen molar-refractivity contribution in [1.82, 2.24) is 20.4 Å². The number of aliphatic hydroxyl groups is 1.